The summed E-state index contributed by atoms with van der Waals surface area (Å²) in [5, 5.41) is 5.36. The van der Waals surface area contributed by atoms with Gasteiger partial charge in [0.05, 0.1) is 0 Å². The Kier molecular flexibility index (Phi) is 3.92. The summed E-state index contributed by atoms with van der Waals surface area (Å²) >= 11 is 0. The van der Waals surface area contributed by atoms with E-state index in [-0.39, 0.29) is 6.03 Å². The summed E-state index contributed by atoms with van der Waals surface area (Å²) in [7, 11) is 0. The van der Waals surface area contributed by atoms with Gasteiger partial charge in [-0.05, 0) is 32.4 Å². The minimum atomic E-state index is -0.222. The van der Waals surface area contributed by atoms with Gasteiger partial charge in [-0.3, -0.25) is 0 Å². The number of benzene rings is 1. The second-order valence-corrected chi connectivity index (χ2v) is 3.42. The molecule has 2 N–H and O–H groups in total. The first-order chi connectivity index (χ1) is 7.13. The summed E-state index contributed by atoms with van der Waals surface area (Å²) in [6.07, 6.45) is 3.36. The van der Waals surface area contributed by atoms with Crippen LogP contribution < -0.4 is 10.6 Å². The molecule has 0 radical (unpaired) electrons. The van der Waals surface area contributed by atoms with Gasteiger partial charge in [0, 0.05) is 11.9 Å². The van der Waals surface area contributed by atoms with E-state index in [1.54, 1.807) is 12.3 Å². The van der Waals surface area contributed by atoms with Crippen molar-refractivity contribution in [1.29, 1.82) is 0 Å². The third-order valence-electron chi connectivity index (χ3n) is 2.01. The van der Waals surface area contributed by atoms with E-state index in [4.69, 9.17) is 0 Å². The highest BCUT2D eigenvalue weighted by Gasteiger charge is 2.01. The molecule has 1 rings (SSSR count). The molecule has 0 aliphatic carbocycles. The minimum absolute atomic E-state index is 0.222. The first kappa shape index (κ1) is 11.3. The predicted molar refractivity (Wildman–Crippen MR) is 62.9 cm³/mol. The zero-order valence-corrected chi connectivity index (χ0v) is 9.29. The van der Waals surface area contributed by atoms with Crippen molar-refractivity contribution in [2.45, 2.75) is 20.8 Å². The van der Waals surface area contributed by atoms with Gasteiger partial charge in [-0.25, -0.2) is 4.79 Å². The number of carbonyl (C=O) groups excluding carboxylic acids is 1. The van der Waals surface area contributed by atoms with E-state index in [1.165, 1.54) is 5.56 Å². The van der Waals surface area contributed by atoms with E-state index in [0.717, 1.165) is 11.3 Å². The maximum absolute atomic E-state index is 11.3. The third kappa shape index (κ3) is 3.46. The van der Waals surface area contributed by atoms with Gasteiger partial charge in [0.2, 0.25) is 0 Å². The number of aryl methyl sites for hydroxylation is 2. The van der Waals surface area contributed by atoms with Gasteiger partial charge in [-0.1, -0.05) is 23.8 Å². The molecule has 15 heavy (non-hydrogen) atoms. The molecule has 0 atom stereocenters. The Balaban J connectivity index is 2.68. The van der Waals surface area contributed by atoms with Crippen LogP contribution in [0.5, 0.6) is 0 Å². The Morgan fingerprint density at radius 2 is 2.07 bits per heavy atom. The quantitative estimate of drug-likeness (QED) is 0.764. The molecule has 1 aromatic carbocycles. The molecular weight excluding hydrogens is 188 g/mol. The molecule has 0 bridgehead atoms. The third-order valence-corrected chi connectivity index (χ3v) is 2.01. The molecule has 3 nitrogen and oxygen atoms in total. The lowest BCUT2D eigenvalue weighted by Crippen LogP contribution is -2.24. The number of hydrogen-bond acceptors (Lipinski definition) is 1. The molecule has 0 aliphatic rings. The predicted octanol–water partition coefficient (Wildman–Crippen LogP) is 2.96. The Hall–Kier alpha value is -1.77. The second-order valence-electron chi connectivity index (χ2n) is 3.42. The second kappa shape index (κ2) is 5.20. The van der Waals surface area contributed by atoms with Crippen molar-refractivity contribution < 1.29 is 4.79 Å². The van der Waals surface area contributed by atoms with Crippen molar-refractivity contribution in [3.05, 3.63) is 41.6 Å². The highest BCUT2D eigenvalue weighted by Crippen LogP contribution is 2.15. The molecular formula is C12H16N2O. The fraction of sp³-hybridized carbons (Fsp3) is 0.250. The van der Waals surface area contributed by atoms with Gasteiger partial charge in [0.15, 0.2) is 0 Å². The van der Waals surface area contributed by atoms with Gasteiger partial charge in [0.25, 0.3) is 0 Å². The highest BCUT2D eigenvalue weighted by molar-refractivity contribution is 5.90. The Morgan fingerprint density at radius 1 is 1.33 bits per heavy atom. The maximum atomic E-state index is 11.3. The first-order valence-electron chi connectivity index (χ1n) is 4.89. The SMILES string of the molecule is C/C=C/NC(=O)Nc1ccc(C)cc1C. The van der Waals surface area contributed by atoms with Crippen LogP contribution in [0.15, 0.2) is 30.5 Å². The fourth-order valence-corrected chi connectivity index (χ4v) is 1.27. The molecule has 0 aromatic heterocycles. The van der Waals surface area contributed by atoms with Gasteiger partial charge in [-0.15, -0.1) is 0 Å². The number of anilines is 1. The van der Waals surface area contributed by atoms with E-state index in [2.05, 4.69) is 10.6 Å². The van der Waals surface area contributed by atoms with Crippen LogP contribution in [-0.4, -0.2) is 6.03 Å². The lowest BCUT2D eigenvalue weighted by atomic mass is 10.1. The largest absolute Gasteiger partial charge is 0.323 e. The number of carbonyl (C=O) groups is 1. The smallest absolute Gasteiger partial charge is 0.315 e. The normalized spacial score (nSPS) is 10.3. The molecule has 0 unspecified atom stereocenters. The fourth-order valence-electron chi connectivity index (χ4n) is 1.27. The zero-order chi connectivity index (χ0) is 11.3. The summed E-state index contributed by atoms with van der Waals surface area (Å²) < 4.78 is 0. The van der Waals surface area contributed by atoms with Crippen LogP contribution in [0, 0.1) is 13.8 Å². The van der Waals surface area contributed by atoms with Gasteiger partial charge >= 0.3 is 6.03 Å². The molecule has 0 fully saturated rings. The summed E-state index contributed by atoms with van der Waals surface area (Å²) in [6, 6.07) is 5.68. The Bertz CT molecular complexity index is 383. The number of urea groups is 1. The zero-order valence-electron chi connectivity index (χ0n) is 9.29. The van der Waals surface area contributed by atoms with Crippen LogP contribution in [0.3, 0.4) is 0 Å². The van der Waals surface area contributed by atoms with E-state index in [0.29, 0.717) is 0 Å². The number of hydrogen-bond donors (Lipinski definition) is 2. The molecule has 0 saturated carbocycles. The van der Waals surface area contributed by atoms with E-state index >= 15 is 0 Å². The summed E-state index contributed by atoms with van der Waals surface area (Å²) in [5.74, 6) is 0. The van der Waals surface area contributed by atoms with E-state index in [1.807, 2.05) is 39.0 Å². The summed E-state index contributed by atoms with van der Waals surface area (Å²) in [5.41, 5.74) is 3.08. The van der Waals surface area contributed by atoms with Crippen molar-refractivity contribution in [3.63, 3.8) is 0 Å². The number of amides is 2. The van der Waals surface area contributed by atoms with Gasteiger partial charge < -0.3 is 10.6 Å². The number of allylic oxidation sites excluding steroid dienone is 1. The highest BCUT2D eigenvalue weighted by atomic mass is 16.2. The Labute approximate surface area is 90.2 Å². The molecule has 0 saturated heterocycles. The molecule has 1 aromatic rings. The van der Waals surface area contributed by atoms with Crippen LogP contribution in [-0.2, 0) is 0 Å². The van der Waals surface area contributed by atoms with E-state index < -0.39 is 0 Å². The van der Waals surface area contributed by atoms with Crippen LogP contribution in [0.1, 0.15) is 18.1 Å². The van der Waals surface area contributed by atoms with Crippen molar-refractivity contribution in [2.24, 2.45) is 0 Å². The first-order valence-corrected chi connectivity index (χ1v) is 4.89. The standard InChI is InChI=1S/C12H16N2O/c1-4-7-13-12(15)14-11-6-5-9(2)8-10(11)3/h4-8H,1-3H3,(H2,13,14,15)/b7-4+. The van der Waals surface area contributed by atoms with E-state index in [9.17, 15) is 4.79 Å². The van der Waals surface area contributed by atoms with Crippen molar-refractivity contribution in [2.75, 3.05) is 5.32 Å². The minimum Gasteiger partial charge on any atom is -0.315 e. The average molecular weight is 204 g/mol. The van der Waals surface area contributed by atoms with Crippen molar-refractivity contribution in [3.8, 4) is 0 Å². The van der Waals surface area contributed by atoms with Crippen LogP contribution in [0.25, 0.3) is 0 Å². The molecule has 80 valence electrons. The lowest BCUT2D eigenvalue weighted by Gasteiger charge is -2.08. The summed E-state index contributed by atoms with van der Waals surface area (Å²) in [4.78, 5) is 11.3. The molecule has 3 heteroatoms. The van der Waals surface area contributed by atoms with Gasteiger partial charge in [0.1, 0.15) is 0 Å². The van der Waals surface area contributed by atoms with Crippen molar-refractivity contribution >= 4 is 11.7 Å². The lowest BCUT2D eigenvalue weighted by molar-refractivity contribution is 0.255. The van der Waals surface area contributed by atoms with Gasteiger partial charge in [-0.2, -0.15) is 0 Å². The Morgan fingerprint density at radius 3 is 2.67 bits per heavy atom. The van der Waals surface area contributed by atoms with Crippen LogP contribution in [0.2, 0.25) is 0 Å². The molecule has 0 aliphatic heterocycles. The average Bonchev–Trinajstić information content (AvgIpc) is 2.19. The number of rotatable bonds is 2. The monoisotopic (exact) mass is 204 g/mol. The molecule has 2 amide bonds. The number of nitrogens with one attached hydrogen (secondary N) is 2. The van der Waals surface area contributed by atoms with Crippen LogP contribution in [0.4, 0.5) is 10.5 Å². The summed E-state index contributed by atoms with van der Waals surface area (Å²) in [6.45, 7) is 5.84. The molecule has 0 spiro atoms. The maximum Gasteiger partial charge on any atom is 0.323 e. The van der Waals surface area contributed by atoms with Crippen molar-refractivity contribution in [1.82, 2.24) is 5.32 Å². The molecule has 0 heterocycles. The van der Waals surface area contributed by atoms with Crippen LogP contribution >= 0.6 is 0 Å². The topological polar surface area (TPSA) is 41.1 Å².